The van der Waals surface area contributed by atoms with Crippen LogP contribution in [0.5, 0.6) is 5.75 Å². The van der Waals surface area contributed by atoms with Crippen molar-refractivity contribution in [1.82, 2.24) is 4.57 Å². The van der Waals surface area contributed by atoms with E-state index in [9.17, 15) is 4.79 Å². The van der Waals surface area contributed by atoms with Crippen molar-refractivity contribution in [2.75, 3.05) is 12.4 Å². The van der Waals surface area contributed by atoms with Gasteiger partial charge in [0.2, 0.25) is 5.91 Å². The molecule has 1 heterocycles. The molecule has 0 spiro atoms. The lowest BCUT2D eigenvalue weighted by Gasteiger charge is -2.11. The number of benzene rings is 1. The molecule has 0 aliphatic rings. The average molecular weight is 259 g/mol. The number of methoxy groups -OCH3 is 1. The van der Waals surface area contributed by atoms with Crippen molar-refractivity contribution in [3.8, 4) is 5.75 Å². The quantitative estimate of drug-likeness (QED) is 0.859. The third kappa shape index (κ3) is 3.07. The van der Waals surface area contributed by atoms with Gasteiger partial charge in [-0.15, -0.1) is 0 Å². The summed E-state index contributed by atoms with van der Waals surface area (Å²) >= 11 is 0. The Labute approximate surface area is 112 Å². The maximum Gasteiger partial charge on any atom is 0.248 e. The Bertz CT molecular complexity index is 590. The van der Waals surface area contributed by atoms with E-state index in [1.807, 2.05) is 30.1 Å². The lowest BCUT2D eigenvalue weighted by atomic mass is 10.1. The van der Waals surface area contributed by atoms with Gasteiger partial charge in [-0.25, -0.2) is 0 Å². The van der Waals surface area contributed by atoms with Crippen LogP contribution in [0.1, 0.15) is 15.9 Å². The van der Waals surface area contributed by atoms with Gasteiger partial charge in [-0.3, -0.25) is 4.79 Å². The molecular weight excluding hydrogens is 242 g/mol. The van der Waals surface area contributed by atoms with Crippen LogP contribution < -0.4 is 15.8 Å². The highest BCUT2D eigenvalue weighted by atomic mass is 16.5. The van der Waals surface area contributed by atoms with E-state index in [0.29, 0.717) is 17.9 Å². The van der Waals surface area contributed by atoms with Crippen LogP contribution in [0.2, 0.25) is 0 Å². The molecule has 1 aromatic carbocycles. The van der Waals surface area contributed by atoms with Crippen LogP contribution in [0.3, 0.4) is 0 Å². The van der Waals surface area contributed by atoms with Gasteiger partial charge in [-0.2, -0.15) is 0 Å². The Balaban J connectivity index is 2.17. The number of nitrogens with zero attached hydrogens (tertiary/aromatic N) is 1. The third-order valence-corrected chi connectivity index (χ3v) is 2.86. The number of primary amides is 1. The summed E-state index contributed by atoms with van der Waals surface area (Å²) in [5.41, 5.74) is 7.63. The average Bonchev–Trinajstić information content (AvgIpc) is 2.81. The lowest BCUT2D eigenvalue weighted by Crippen LogP contribution is -2.11. The number of aryl methyl sites for hydroxylation is 1. The molecule has 0 saturated heterocycles. The van der Waals surface area contributed by atoms with Gasteiger partial charge in [0, 0.05) is 31.5 Å². The fraction of sp³-hybridized carbons (Fsp3) is 0.214. The van der Waals surface area contributed by atoms with Crippen molar-refractivity contribution in [2.45, 2.75) is 6.54 Å². The summed E-state index contributed by atoms with van der Waals surface area (Å²) < 4.78 is 7.23. The predicted molar refractivity (Wildman–Crippen MR) is 74.3 cm³/mol. The van der Waals surface area contributed by atoms with Gasteiger partial charge < -0.3 is 20.4 Å². The topological polar surface area (TPSA) is 69.3 Å². The minimum Gasteiger partial charge on any atom is -0.495 e. The van der Waals surface area contributed by atoms with Crippen LogP contribution in [-0.2, 0) is 13.6 Å². The molecule has 5 heteroatoms. The first-order valence-corrected chi connectivity index (χ1v) is 5.92. The second-order valence-corrected chi connectivity index (χ2v) is 4.32. The largest absolute Gasteiger partial charge is 0.495 e. The Kier molecular flexibility index (Phi) is 3.75. The number of nitrogens with one attached hydrogen (secondary N) is 1. The van der Waals surface area contributed by atoms with Gasteiger partial charge in [-0.05, 0) is 29.8 Å². The maximum absolute atomic E-state index is 11.2. The molecule has 2 rings (SSSR count). The Morgan fingerprint density at radius 1 is 1.42 bits per heavy atom. The van der Waals surface area contributed by atoms with Gasteiger partial charge >= 0.3 is 0 Å². The number of carbonyl (C=O) groups excluding carboxylic acids is 1. The standard InChI is InChI=1S/C14H17N3O2/c1-17-6-5-10(9-17)8-16-12-7-11(14(15)18)3-4-13(12)19-2/h3-7,9,16H,8H2,1-2H3,(H2,15,18). The SMILES string of the molecule is COc1ccc(C(N)=O)cc1NCc1ccn(C)c1. The second-order valence-electron chi connectivity index (χ2n) is 4.32. The number of hydrogen-bond donors (Lipinski definition) is 2. The van der Waals surface area contributed by atoms with Gasteiger partial charge in [-0.1, -0.05) is 0 Å². The summed E-state index contributed by atoms with van der Waals surface area (Å²) in [6.07, 6.45) is 4.01. The summed E-state index contributed by atoms with van der Waals surface area (Å²) in [6, 6.07) is 7.10. The molecule has 1 aromatic heterocycles. The smallest absolute Gasteiger partial charge is 0.248 e. The van der Waals surface area contributed by atoms with E-state index in [0.717, 1.165) is 11.3 Å². The molecule has 100 valence electrons. The van der Waals surface area contributed by atoms with Crippen LogP contribution in [0.4, 0.5) is 5.69 Å². The molecular formula is C14H17N3O2. The van der Waals surface area contributed by atoms with E-state index in [-0.39, 0.29) is 0 Å². The number of ether oxygens (including phenoxy) is 1. The van der Waals surface area contributed by atoms with Gasteiger partial charge in [0.1, 0.15) is 5.75 Å². The summed E-state index contributed by atoms with van der Waals surface area (Å²) in [7, 11) is 3.56. The van der Waals surface area contributed by atoms with Crippen molar-refractivity contribution >= 4 is 11.6 Å². The molecule has 0 saturated carbocycles. The van der Waals surface area contributed by atoms with Crippen molar-refractivity contribution in [1.29, 1.82) is 0 Å². The first kappa shape index (κ1) is 13.0. The number of nitrogens with two attached hydrogens (primary N) is 1. The molecule has 5 nitrogen and oxygen atoms in total. The number of amides is 1. The number of carbonyl (C=O) groups is 1. The fourth-order valence-corrected chi connectivity index (χ4v) is 1.86. The van der Waals surface area contributed by atoms with Crippen molar-refractivity contribution in [3.05, 3.63) is 47.8 Å². The van der Waals surface area contributed by atoms with Gasteiger partial charge in [0.05, 0.1) is 12.8 Å². The highest BCUT2D eigenvalue weighted by Crippen LogP contribution is 2.25. The molecule has 1 amide bonds. The molecule has 0 fully saturated rings. The van der Waals surface area contributed by atoms with E-state index in [1.54, 1.807) is 25.3 Å². The zero-order valence-corrected chi connectivity index (χ0v) is 11.0. The van der Waals surface area contributed by atoms with E-state index in [2.05, 4.69) is 5.32 Å². The predicted octanol–water partition coefficient (Wildman–Crippen LogP) is 1.74. The Morgan fingerprint density at radius 2 is 2.21 bits per heavy atom. The molecule has 19 heavy (non-hydrogen) atoms. The Hall–Kier alpha value is -2.43. The first-order valence-electron chi connectivity index (χ1n) is 5.92. The molecule has 0 aliphatic heterocycles. The van der Waals surface area contributed by atoms with Crippen LogP contribution in [0.15, 0.2) is 36.7 Å². The fourth-order valence-electron chi connectivity index (χ4n) is 1.86. The van der Waals surface area contributed by atoms with Gasteiger partial charge in [0.15, 0.2) is 0 Å². The van der Waals surface area contributed by atoms with Crippen molar-refractivity contribution < 1.29 is 9.53 Å². The molecule has 0 radical (unpaired) electrons. The molecule has 0 atom stereocenters. The molecule has 3 N–H and O–H groups in total. The number of aromatic nitrogens is 1. The monoisotopic (exact) mass is 259 g/mol. The minimum absolute atomic E-state index is 0.453. The summed E-state index contributed by atoms with van der Waals surface area (Å²) in [5, 5.41) is 3.24. The Morgan fingerprint density at radius 3 is 2.79 bits per heavy atom. The number of anilines is 1. The van der Waals surface area contributed by atoms with E-state index >= 15 is 0 Å². The summed E-state index contributed by atoms with van der Waals surface area (Å²) in [5.74, 6) is 0.228. The molecule has 0 bridgehead atoms. The first-order chi connectivity index (χ1) is 9.10. The van der Waals surface area contributed by atoms with Crippen LogP contribution >= 0.6 is 0 Å². The third-order valence-electron chi connectivity index (χ3n) is 2.86. The van der Waals surface area contributed by atoms with Crippen LogP contribution in [0, 0.1) is 0 Å². The van der Waals surface area contributed by atoms with Crippen LogP contribution in [0.25, 0.3) is 0 Å². The molecule has 0 unspecified atom stereocenters. The highest BCUT2D eigenvalue weighted by molar-refractivity contribution is 5.94. The normalized spacial score (nSPS) is 10.2. The van der Waals surface area contributed by atoms with Crippen molar-refractivity contribution in [3.63, 3.8) is 0 Å². The van der Waals surface area contributed by atoms with Gasteiger partial charge in [0.25, 0.3) is 0 Å². The zero-order chi connectivity index (χ0) is 13.8. The van der Waals surface area contributed by atoms with Crippen molar-refractivity contribution in [2.24, 2.45) is 12.8 Å². The lowest BCUT2D eigenvalue weighted by molar-refractivity contribution is 0.100. The number of rotatable bonds is 5. The summed E-state index contributed by atoms with van der Waals surface area (Å²) in [6.45, 7) is 0.652. The highest BCUT2D eigenvalue weighted by Gasteiger charge is 2.07. The minimum atomic E-state index is -0.453. The molecule has 2 aromatic rings. The van der Waals surface area contributed by atoms with E-state index in [4.69, 9.17) is 10.5 Å². The van der Waals surface area contributed by atoms with E-state index < -0.39 is 5.91 Å². The summed E-state index contributed by atoms with van der Waals surface area (Å²) in [4.78, 5) is 11.2. The molecule has 0 aliphatic carbocycles. The van der Waals surface area contributed by atoms with Crippen LogP contribution in [-0.4, -0.2) is 17.6 Å². The zero-order valence-electron chi connectivity index (χ0n) is 11.0. The maximum atomic E-state index is 11.2. The van der Waals surface area contributed by atoms with E-state index in [1.165, 1.54) is 0 Å². The number of hydrogen-bond acceptors (Lipinski definition) is 3. The second kappa shape index (κ2) is 5.48.